The molecule has 0 aromatic carbocycles. The first-order valence-corrected chi connectivity index (χ1v) is 4.68. The molecule has 0 radical (unpaired) electrons. The van der Waals surface area contributed by atoms with Gasteiger partial charge in [-0.15, -0.1) is 0 Å². The molecule has 0 fully saturated rings. The Bertz CT molecular complexity index is 278. The van der Waals surface area contributed by atoms with Gasteiger partial charge in [-0.05, 0) is 20.3 Å². The smallest absolute Gasteiger partial charge is 0.105 e. The standard InChI is InChI=1S/C10H18N2O/c1-7(5-8(2)13)10-6-11-9(3)12(10)4/h6-8,13H,5H2,1-4H3. The van der Waals surface area contributed by atoms with Crippen LogP contribution in [0.2, 0.25) is 0 Å². The largest absolute Gasteiger partial charge is 0.393 e. The number of aliphatic hydroxyl groups excluding tert-OH is 1. The van der Waals surface area contributed by atoms with Crippen LogP contribution >= 0.6 is 0 Å². The lowest BCUT2D eigenvalue weighted by atomic mass is 10.0. The van der Waals surface area contributed by atoms with E-state index in [0.29, 0.717) is 5.92 Å². The van der Waals surface area contributed by atoms with Crippen molar-refractivity contribution in [2.45, 2.75) is 39.2 Å². The van der Waals surface area contributed by atoms with Gasteiger partial charge in [0.15, 0.2) is 0 Å². The molecule has 0 aliphatic carbocycles. The van der Waals surface area contributed by atoms with Gasteiger partial charge in [0.05, 0.1) is 6.10 Å². The van der Waals surface area contributed by atoms with Gasteiger partial charge < -0.3 is 9.67 Å². The molecule has 0 amide bonds. The molecule has 3 nitrogen and oxygen atoms in total. The SMILES string of the molecule is Cc1ncc(C(C)CC(C)O)n1C. The van der Waals surface area contributed by atoms with E-state index >= 15 is 0 Å². The molecule has 1 aromatic heterocycles. The summed E-state index contributed by atoms with van der Waals surface area (Å²) in [7, 11) is 2.01. The molecule has 2 atom stereocenters. The monoisotopic (exact) mass is 182 g/mol. The second-order valence-corrected chi connectivity index (χ2v) is 3.78. The molecule has 0 aliphatic heterocycles. The lowest BCUT2D eigenvalue weighted by Crippen LogP contribution is -2.09. The molecule has 1 aromatic rings. The van der Waals surface area contributed by atoms with Gasteiger partial charge in [-0.2, -0.15) is 0 Å². The van der Waals surface area contributed by atoms with Crippen LogP contribution < -0.4 is 0 Å². The summed E-state index contributed by atoms with van der Waals surface area (Å²) in [6.45, 7) is 5.92. The topological polar surface area (TPSA) is 38.1 Å². The average molecular weight is 182 g/mol. The second-order valence-electron chi connectivity index (χ2n) is 3.78. The third-order valence-electron chi connectivity index (χ3n) is 2.46. The summed E-state index contributed by atoms with van der Waals surface area (Å²) in [5, 5.41) is 9.25. The minimum Gasteiger partial charge on any atom is -0.393 e. The Morgan fingerprint density at radius 3 is 2.54 bits per heavy atom. The number of aliphatic hydroxyl groups is 1. The molecule has 1 heterocycles. The Labute approximate surface area is 79.4 Å². The Balaban J connectivity index is 2.76. The van der Waals surface area contributed by atoms with E-state index in [9.17, 15) is 5.11 Å². The van der Waals surface area contributed by atoms with Crippen LogP contribution in [0, 0.1) is 6.92 Å². The predicted octanol–water partition coefficient (Wildman–Crippen LogP) is 1.60. The molecule has 0 saturated carbocycles. The van der Waals surface area contributed by atoms with Gasteiger partial charge in [0, 0.05) is 24.9 Å². The van der Waals surface area contributed by atoms with Crippen molar-refractivity contribution in [1.82, 2.24) is 9.55 Å². The van der Waals surface area contributed by atoms with Crippen LogP contribution in [0.4, 0.5) is 0 Å². The van der Waals surface area contributed by atoms with Gasteiger partial charge in [-0.25, -0.2) is 4.98 Å². The van der Waals surface area contributed by atoms with Crippen molar-refractivity contribution in [2.24, 2.45) is 7.05 Å². The Kier molecular flexibility index (Phi) is 3.09. The zero-order valence-corrected chi connectivity index (χ0v) is 8.78. The second kappa shape index (κ2) is 3.92. The van der Waals surface area contributed by atoms with E-state index in [1.165, 1.54) is 5.69 Å². The highest BCUT2D eigenvalue weighted by molar-refractivity contribution is 5.08. The van der Waals surface area contributed by atoms with Crippen LogP contribution in [-0.2, 0) is 7.05 Å². The number of aryl methyl sites for hydroxylation is 1. The fourth-order valence-corrected chi connectivity index (χ4v) is 1.61. The molecule has 13 heavy (non-hydrogen) atoms. The van der Waals surface area contributed by atoms with Crippen LogP contribution in [0.1, 0.15) is 37.7 Å². The van der Waals surface area contributed by atoms with E-state index in [-0.39, 0.29) is 6.10 Å². The van der Waals surface area contributed by atoms with Crippen molar-refractivity contribution in [3.63, 3.8) is 0 Å². The molecule has 1 N–H and O–H groups in total. The zero-order chi connectivity index (χ0) is 10.0. The normalized spacial score (nSPS) is 15.8. The molecule has 2 unspecified atom stereocenters. The lowest BCUT2D eigenvalue weighted by molar-refractivity contribution is 0.175. The molecule has 0 bridgehead atoms. The van der Waals surface area contributed by atoms with Gasteiger partial charge in [-0.1, -0.05) is 6.92 Å². The number of hydrogen-bond acceptors (Lipinski definition) is 2. The minimum absolute atomic E-state index is 0.245. The predicted molar refractivity (Wildman–Crippen MR) is 52.7 cm³/mol. The van der Waals surface area contributed by atoms with Crippen molar-refractivity contribution in [1.29, 1.82) is 0 Å². The van der Waals surface area contributed by atoms with E-state index in [4.69, 9.17) is 0 Å². The molecule has 1 rings (SSSR count). The minimum atomic E-state index is -0.245. The molecule has 74 valence electrons. The summed E-state index contributed by atoms with van der Waals surface area (Å²) in [6, 6.07) is 0. The van der Waals surface area contributed by atoms with Crippen LogP contribution in [0.25, 0.3) is 0 Å². The fourth-order valence-electron chi connectivity index (χ4n) is 1.61. The zero-order valence-electron chi connectivity index (χ0n) is 8.78. The number of hydrogen-bond donors (Lipinski definition) is 1. The van der Waals surface area contributed by atoms with E-state index in [1.807, 2.05) is 27.1 Å². The van der Waals surface area contributed by atoms with Gasteiger partial charge in [0.1, 0.15) is 5.82 Å². The van der Waals surface area contributed by atoms with E-state index in [2.05, 4.69) is 16.5 Å². The summed E-state index contributed by atoms with van der Waals surface area (Å²) in [5.74, 6) is 1.39. The highest BCUT2D eigenvalue weighted by Crippen LogP contribution is 2.20. The van der Waals surface area contributed by atoms with E-state index < -0.39 is 0 Å². The van der Waals surface area contributed by atoms with Crippen molar-refractivity contribution in [2.75, 3.05) is 0 Å². The fraction of sp³-hybridized carbons (Fsp3) is 0.700. The Morgan fingerprint density at radius 1 is 1.54 bits per heavy atom. The van der Waals surface area contributed by atoms with Gasteiger partial charge >= 0.3 is 0 Å². The first-order chi connectivity index (χ1) is 6.02. The molecular formula is C10H18N2O. The third-order valence-corrected chi connectivity index (χ3v) is 2.46. The van der Waals surface area contributed by atoms with Gasteiger partial charge in [0.25, 0.3) is 0 Å². The maximum absolute atomic E-state index is 9.25. The Morgan fingerprint density at radius 2 is 2.15 bits per heavy atom. The summed E-state index contributed by atoms with van der Waals surface area (Å²) in [4.78, 5) is 4.23. The summed E-state index contributed by atoms with van der Waals surface area (Å²) < 4.78 is 2.08. The van der Waals surface area contributed by atoms with E-state index in [1.54, 1.807) is 0 Å². The van der Waals surface area contributed by atoms with Crippen LogP contribution in [0.15, 0.2) is 6.20 Å². The van der Waals surface area contributed by atoms with Gasteiger partial charge in [0.2, 0.25) is 0 Å². The van der Waals surface area contributed by atoms with Crippen LogP contribution in [0.5, 0.6) is 0 Å². The number of nitrogens with zero attached hydrogens (tertiary/aromatic N) is 2. The van der Waals surface area contributed by atoms with Crippen molar-refractivity contribution in [3.05, 3.63) is 17.7 Å². The van der Waals surface area contributed by atoms with Crippen molar-refractivity contribution >= 4 is 0 Å². The summed E-state index contributed by atoms with van der Waals surface area (Å²) >= 11 is 0. The van der Waals surface area contributed by atoms with E-state index in [0.717, 1.165) is 12.2 Å². The Hall–Kier alpha value is -0.830. The quantitative estimate of drug-likeness (QED) is 0.771. The number of imidazole rings is 1. The maximum Gasteiger partial charge on any atom is 0.105 e. The van der Waals surface area contributed by atoms with Crippen LogP contribution in [0.3, 0.4) is 0 Å². The highest BCUT2D eigenvalue weighted by Gasteiger charge is 2.13. The average Bonchev–Trinajstić information content (AvgIpc) is 2.31. The highest BCUT2D eigenvalue weighted by atomic mass is 16.3. The number of aromatic nitrogens is 2. The molecule has 0 spiro atoms. The first-order valence-electron chi connectivity index (χ1n) is 4.68. The third kappa shape index (κ3) is 2.31. The summed E-state index contributed by atoms with van der Waals surface area (Å²) in [6.07, 6.45) is 2.44. The molecule has 3 heteroatoms. The number of rotatable bonds is 3. The first kappa shape index (κ1) is 10.3. The summed E-state index contributed by atoms with van der Waals surface area (Å²) in [5.41, 5.74) is 1.19. The molecule has 0 aliphatic rings. The molecule has 0 saturated heterocycles. The van der Waals surface area contributed by atoms with Gasteiger partial charge in [-0.3, -0.25) is 0 Å². The van der Waals surface area contributed by atoms with Crippen molar-refractivity contribution < 1.29 is 5.11 Å². The van der Waals surface area contributed by atoms with Crippen molar-refractivity contribution in [3.8, 4) is 0 Å². The van der Waals surface area contributed by atoms with Crippen LogP contribution in [-0.4, -0.2) is 20.8 Å². The maximum atomic E-state index is 9.25. The molecular weight excluding hydrogens is 164 g/mol. The lowest BCUT2D eigenvalue weighted by Gasteiger charge is -2.14.